The summed E-state index contributed by atoms with van der Waals surface area (Å²) in [6.07, 6.45) is 3.45. The van der Waals surface area contributed by atoms with Crippen LogP contribution in [0.1, 0.15) is 40.6 Å². The first-order valence-corrected chi connectivity index (χ1v) is 7.74. The second-order valence-electron chi connectivity index (χ2n) is 5.75. The van der Waals surface area contributed by atoms with Crippen molar-refractivity contribution >= 4 is 5.91 Å². The van der Waals surface area contributed by atoms with Crippen molar-refractivity contribution in [3.05, 3.63) is 41.3 Å². The van der Waals surface area contributed by atoms with Gasteiger partial charge in [0.05, 0.1) is 11.7 Å². The Morgan fingerprint density at radius 3 is 3.00 bits per heavy atom. The third kappa shape index (κ3) is 3.92. The highest BCUT2D eigenvalue weighted by Gasteiger charge is 2.25. The number of aryl methyl sites for hydroxylation is 2. The van der Waals surface area contributed by atoms with Crippen LogP contribution in [0.3, 0.4) is 0 Å². The Morgan fingerprint density at radius 2 is 2.30 bits per heavy atom. The molecule has 122 valence electrons. The summed E-state index contributed by atoms with van der Waals surface area (Å²) in [6, 6.07) is 3.67. The molecule has 0 aliphatic carbocycles. The summed E-state index contributed by atoms with van der Waals surface area (Å²) in [5, 5.41) is 3.73. The number of piperidine rings is 1. The van der Waals surface area contributed by atoms with Crippen molar-refractivity contribution in [1.29, 1.82) is 0 Å². The fraction of sp³-hybridized carbons (Fsp3) is 0.500. The van der Waals surface area contributed by atoms with E-state index in [0.717, 1.165) is 25.1 Å². The van der Waals surface area contributed by atoms with E-state index in [9.17, 15) is 4.79 Å². The smallest absolute Gasteiger partial charge is 0.255 e. The lowest BCUT2D eigenvalue weighted by molar-refractivity contribution is -0.0153. The first-order valence-electron chi connectivity index (χ1n) is 7.74. The summed E-state index contributed by atoms with van der Waals surface area (Å²) >= 11 is 0. The topological polar surface area (TPSA) is 81.4 Å². The van der Waals surface area contributed by atoms with Crippen molar-refractivity contribution < 1.29 is 14.1 Å². The van der Waals surface area contributed by atoms with E-state index >= 15 is 0 Å². The monoisotopic (exact) mass is 316 g/mol. The van der Waals surface area contributed by atoms with Crippen molar-refractivity contribution in [1.82, 2.24) is 20.0 Å². The Labute approximate surface area is 134 Å². The van der Waals surface area contributed by atoms with E-state index < -0.39 is 0 Å². The Kier molecular flexibility index (Phi) is 4.66. The summed E-state index contributed by atoms with van der Waals surface area (Å²) in [4.78, 5) is 22.6. The van der Waals surface area contributed by atoms with Gasteiger partial charge in [0.25, 0.3) is 11.8 Å². The van der Waals surface area contributed by atoms with Crippen LogP contribution in [0.5, 0.6) is 0 Å². The van der Waals surface area contributed by atoms with Crippen LogP contribution in [0.25, 0.3) is 0 Å². The molecular formula is C16H20N4O3. The Hall–Kier alpha value is -2.28. The minimum atomic E-state index is -0.0155. The molecule has 3 heterocycles. The fourth-order valence-corrected chi connectivity index (χ4v) is 2.62. The predicted molar refractivity (Wildman–Crippen MR) is 81.7 cm³/mol. The van der Waals surface area contributed by atoms with E-state index in [4.69, 9.17) is 9.26 Å². The van der Waals surface area contributed by atoms with Gasteiger partial charge in [-0.25, -0.2) is 0 Å². The van der Waals surface area contributed by atoms with Gasteiger partial charge < -0.3 is 14.2 Å². The highest BCUT2D eigenvalue weighted by Crippen LogP contribution is 2.17. The minimum absolute atomic E-state index is 0.000523. The number of ether oxygens (including phenoxy) is 1. The van der Waals surface area contributed by atoms with Crippen molar-refractivity contribution in [3.63, 3.8) is 0 Å². The lowest BCUT2D eigenvalue weighted by Gasteiger charge is -2.32. The van der Waals surface area contributed by atoms with E-state index in [1.54, 1.807) is 13.1 Å². The number of likely N-dealkylation sites (tertiary alicyclic amines) is 1. The molecule has 2 aromatic heterocycles. The third-order valence-corrected chi connectivity index (χ3v) is 3.84. The SMILES string of the molecule is Cc1ccc(C(=O)N2CCCC(OCc3nc(C)no3)C2)cn1. The van der Waals surface area contributed by atoms with Gasteiger partial charge in [-0.2, -0.15) is 4.98 Å². The van der Waals surface area contributed by atoms with Crippen LogP contribution in [0.4, 0.5) is 0 Å². The Bertz CT molecular complexity index is 668. The maximum Gasteiger partial charge on any atom is 0.255 e. The van der Waals surface area contributed by atoms with Crippen LogP contribution in [0.2, 0.25) is 0 Å². The molecular weight excluding hydrogens is 296 g/mol. The number of hydrogen-bond acceptors (Lipinski definition) is 6. The van der Waals surface area contributed by atoms with E-state index in [1.807, 2.05) is 24.0 Å². The molecule has 0 spiro atoms. The van der Waals surface area contributed by atoms with Crippen LogP contribution in [0.15, 0.2) is 22.9 Å². The molecule has 0 saturated carbocycles. The molecule has 0 radical (unpaired) electrons. The van der Waals surface area contributed by atoms with Gasteiger partial charge in [-0.15, -0.1) is 0 Å². The van der Waals surface area contributed by atoms with Crippen molar-refractivity contribution in [2.24, 2.45) is 0 Å². The maximum absolute atomic E-state index is 12.5. The molecule has 1 saturated heterocycles. The van der Waals surface area contributed by atoms with Crippen LogP contribution < -0.4 is 0 Å². The largest absolute Gasteiger partial charge is 0.367 e. The number of pyridine rings is 1. The average Bonchev–Trinajstić information content (AvgIpc) is 2.99. The molecule has 7 nitrogen and oxygen atoms in total. The highest BCUT2D eigenvalue weighted by atomic mass is 16.5. The Balaban J connectivity index is 1.57. The van der Waals surface area contributed by atoms with E-state index in [2.05, 4.69) is 15.1 Å². The molecule has 1 aliphatic rings. The molecule has 0 aromatic carbocycles. The standard InChI is InChI=1S/C16H20N4O3/c1-11-5-6-13(8-17-11)16(21)20-7-3-4-14(9-20)22-10-15-18-12(2)19-23-15/h5-6,8,14H,3-4,7,9-10H2,1-2H3. The van der Waals surface area contributed by atoms with Crippen LogP contribution in [0, 0.1) is 13.8 Å². The summed E-state index contributed by atoms with van der Waals surface area (Å²) < 4.78 is 10.8. The molecule has 0 N–H and O–H groups in total. The zero-order valence-corrected chi connectivity index (χ0v) is 13.4. The average molecular weight is 316 g/mol. The molecule has 1 unspecified atom stereocenters. The minimum Gasteiger partial charge on any atom is -0.367 e. The molecule has 23 heavy (non-hydrogen) atoms. The number of aromatic nitrogens is 3. The van der Waals surface area contributed by atoms with Gasteiger partial charge in [0.15, 0.2) is 5.82 Å². The fourth-order valence-electron chi connectivity index (χ4n) is 2.62. The molecule has 1 atom stereocenters. The lowest BCUT2D eigenvalue weighted by Crippen LogP contribution is -2.43. The van der Waals surface area contributed by atoms with Crippen LogP contribution in [-0.4, -0.2) is 45.1 Å². The number of hydrogen-bond donors (Lipinski definition) is 0. The van der Waals surface area contributed by atoms with Gasteiger partial charge in [0.1, 0.15) is 6.61 Å². The molecule has 1 aliphatic heterocycles. The first-order chi connectivity index (χ1) is 11.1. The molecule has 1 amide bonds. The van der Waals surface area contributed by atoms with Gasteiger partial charge in [0.2, 0.25) is 0 Å². The third-order valence-electron chi connectivity index (χ3n) is 3.84. The van der Waals surface area contributed by atoms with Crippen LogP contribution in [-0.2, 0) is 11.3 Å². The van der Waals surface area contributed by atoms with E-state index in [1.165, 1.54) is 0 Å². The number of amides is 1. The quantitative estimate of drug-likeness (QED) is 0.857. The Morgan fingerprint density at radius 1 is 1.43 bits per heavy atom. The van der Waals surface area contributed by atoms with Crippen molar-refractivity contribution in [2.75, 3.05) is 13.1 Å². The maximum atomic E-state index is 12.5. The van der Waals surface area contributed by atoms with Gasteiger partial charge >= 0.3 is 0 Å². The van der Waals surface area contributed by atoms with Gasteiger partial charge in [-0.1, -0.05) is 5.16 Å². The predicted octanol–water partition coefficient (Wildman–Crippen LogP) is 1.90. The molecule has 7 heteroatoms. The van der Waals surface area contributed by atoms with Crippen molar-refractivity contribution in [3.8, 4) is 0 Å². The van der Waals surface area contributed by atoms with Crippen molar-refractivity contribution in [2.45, 2.75) is 39.4 Å². The van der Waals surface area contributed by atoms with Gasteiger partial charge in [-0.3, -0.25) is 9.78 Å². The summed E-state index contributed by atoms with van der Waals surface area (Å²) in [5.41, 5.74) is 1.51. The molecule has 1 fully saturated rings. The first kappa shape index (κ1) is 15.6. The summed E-state index contributed by atoms with van der Waals surface area (Å²) in [6.45, 7) is 5.26. The zero-order chi connectivity index (χ0) is 16.2. The molecule has 3 rings (SSSR count). The second-order valence-corrected chi connectivity index (χ2v) is 5.75. The molecule has 0 bridgehead atoms. The lowest BCUT2D eigenvalue weighted by atomic mass is 10.1. The van der Waals surface area contributed by atoms with E-state index in [0.29, 0.717) is 23.8 Å². The zero-order valence-electron chi connectivity index (χ0n) is 13.4. The molecule has 2 aromatic rings. The van der Waals surface area contributed by atoms with Gasteiger partial charge in [0, 0.05) is 25.0 Å². The number of nitrogens with zero attached hydrogens (tertiary/aromatic N) is 4. The number of rotatable bonds is 4. The number of carbonyl (C=O) groups is 1. The van der Waals surface area contributed by atoms with Gasteiger partial charge in [-0.05, 0) is 38.8 Å². The second kappa shape index (κ2) is 6.87. The summed E-state index contributed by atoms with van der Waals surface area (Å²) in [5.74, 6) is 1.06. The highest BCUT2D eigenvalue weighted by molar-refractivity contribution is 5.94. The number of carbonyl (C=O) groups excluding carboxylic acids is 1. The normalized spacial score (nSPS) is 18.2. The van der Waals surface area contributed by atoms with Crippen LogP contribution >= 0.6 is 0 Å². The van der Waals surface area contributed by atoms with E-state index in [-0.39, 0.29) is 18.6 Å². The summed E-state index contributed by atoms with van der Waals surface area (Å²) in [7, 11) is 0.